The third-order valence-electron chi connectivity index (χ3n) is 2.80. The van der Waals surface area contributed by atoms with Crippen molar-refractivity contribution in [3.63, 3.8) is 0 Å². The van der Waals surface area contributed by atoms with Crippen molar-refractivity contribution >= 4 is 29.5 Å². The minimum atomic E-state index is 0.395. The zero-order chi connectivity index (χ0) is 13.8. The fourth-order valence-corrected chi connectivity index (χ4v) is 2.34. The van der Waals surface area contributed by atoms with E-state index in [1.807, 2.05) is 13.0 Å². The smallest absolute Gasteiger partial charge is 0.172 e. The Morgan fingerprint density at radius 3 is 2.79 bits per heavy atom. The van der Waals surface area contributed by atoms with Gasteiger partial charge in [0, 0.05) is 10.0 Å². The number of carbonyl (C=O) groups excluding carboxylic acids is 1. The van der Waals surface area contributed by atoms with Gasteiger partial charge in [0.1, 0.15) is 5.69 Å². The summed E-state index contributed by atoms with van der Waals surface area (Å²) in [4.78, 5) is 10.9. The van der Waals surface area contributed by atoms with E-state index in [0.29, 0.717) is 22.3 Å². The van der Waals surface area contributed by atoms with Crippen LogP contribution in [0.5, 0.6) is 0 Å². The Labute approximate surface area is 121 Å². The molecule has 6 heteroatoms. The quantitative estimate of drug-likeness (QED) is 0.795. The van der Waals surface area contributed by atoms with Crippen LogP contribution in [0.2, 0.25) is 10.0 Å². The molecule has 1 aromatic heterocycles. The normalized spacial score (nSPS) is 10.7. The van der Waals surface area contributed by atoms with Crippen LogP contribution in [-0.4, -0.2) is 21.3 Å². The molecule has 0 aliphatic rings. The Bertz CT molecular complexity index is 596. The SMILES string of the molecule is CCCc1c(C=O)nnn1Cc1ccc(Cl)cc1Cl. The Balaban J connectivity index is 2.32. The summed E-state index contributed by atoms with van der Waals surface area (Å²) < 4.78 is 1.71. The highest BCUT2D eigenvalue weighted by Crippen LogP contribution is 2.22. The van der Waals surface area contributed by atoms with Crippen LogP contribution in [-0.2, 0) is 13.0 Å². The lowest BCUT2D eigenvalue weighted by Crippen LogP contribution is -2.07. The van der Waals surface area contributed by atoms with E-state index < -0.39 is 0 Å². The molecular weight excluding hydrogens is 285 g/mol. The summed E-state index contributed by atoms with van der Waals surface area (Å²) >= 11 is 12.0. The number of halogens is 2. The predicted molar refractivity (Wildman–Crippen MR) is 75.0 cm³/mol. The van der Waals surface area contributed by atoms with E-state index in [1.54, 1.807) is 16.8 Å². The molecular formula is C13H13Cl2N3O. The number of hydrogen-bond donors (Lipinski definition) is 0. The second kappa shape index (κ2) is 6.17. The Morgan fingerprint density at radius 2 is 2.16 bits per heavy atom. The summed E-state index contributed by atoms with van der Waals surface area (Å²) in [6.45, 7) is 2.52. The van der Waals surface area contributed by atoms with Gasteiger partial charge in [-0.05, 0) is 24.1 Å². The van der Waals surface area contributed by atoms with E-state index in [9.17, 15) is 4.79 Å². The molecule has 2 aromatic rings. The topological polar surface area (TPSA) is 47.8 Å². The van der Waals surface area contributed by atoms with E-state index in [1.165, 1.54) is 0 Å². The first-order valence-electron chi connectivity index (χ1n) is 5.97. The van der Waals surface area contributed by atoms with Gasteiger partial charge in [-0.15, -0.1) is 5.10 Å². The zero-order valence-electron chi connectivity index (χ0n) is 10.4. The van der Waals surface area contributed by atoms with E-state index in [0.717, 1.165) is 30.4 Å². The lowest BCUT2D eigenvalue weighted by Gasteiger charge is -2.08. The number of rotatable bonds is 5. The molecule has 100 valence electrons. The van der Waals surface area contributed by atoms with Crippen LogP contribution in [0.15, 0.2) is 18.2 Å². The van der Waals surface area contributed by atoms with Crippen LogP contribution in [0.4, 0.5) is 0 Å². The molecule has 0 aliphatic heterocycles. The molecule has 0 radical (unpaired) electrons. The molecule has 0 saturated heterocycles. The average molecular weight is 298 g/mol. The first kappa shape index (κ1) is 14.0. The van der Waals surface area contributed by atoms with Crippen LogP contribution in [0.25, 0.3) is 0 Å². The Hall–Kier alpha value is -1.39. The monoisotopic (exact) mass is 297 g/mol. The van der Waals surface area contributed by atoms with Crippen molar-refractivity contribution in [2.24, 2.45) is 0 Å². The molecule has 0 fully saturated rings. The Kier molecular flexibility index (Phi) is 4.56. The zero-order valence-corrected chi connectivity index (χ0v) is 11.9. The van der Waals surface area contributed by atoms with Gasteiger partial charge in [-0.25, -0.2) is 4.68 Å². The predicted octanol–water partition coefficient (Wildman–Crippen LogP) is 3.40. The van der Waals surface area contributed by atoms with Gasteiger partial charge in [-0.1, -0.05) is 47.8 Å². The number of hydrogen-bond acceptors (Lipinski definition) is 3. The number of nitrogens with zero attached hydrogens (tertiary/aromatic N) is 3. The first-order valence-corrected chi connectivity index (χ1v) is 6.72. The molecule has 2 rings (SSSR count). The summed E-state index contributed by atoms with van der Waals surface area (Å²) in [7, 11) is 0. The lowest BCUT2D eigenvalue weighted by atomic mass is 10.2. The van der Waals surface area contributed by atoms with Crippen molar-refractivity contribution in [3.05, 3.63) is 45.2 Å². The fraction of sp³-hybridized carbons (Fsp3) is 0.308. The average Bonchev–Trinajstić information content (AvgIpc) is 2.76. The molecule has 1 aromatic carbocycles. The van der Waals surface area contributed by atoms with Crippen LogP contribution in [0.3, 0.4) is 0 Å². The van der Waals surface area contributed by atoms with E-state index in [2.05, 4.69) is 10.3 Å². The van der Waals surface area contributed by atoms with Crippen LogP contribution in [0.1, 0.15) is 35.1 Å². The van der Waals surface area contributed by atoms with Crippen molar-refractivity contribution in [1.82, 2.24) is 15.0 Å². The molecule has 0 unspecified atom stereocenters. The number of benzene rings is 1. The maximum absolute atomic E-state index is 10.9. The van der Waals surface area contributed by atoms with Crippen LogP contribution in [0, 0.1) is 0 Å². The molecule has 4 nitrogen and oxygen atoms in total. The third-order valence-corrected chi connectivity index (χ3v) is 3.39. The van der Waals surface area contributed by atoms with Crippen molar-refractivity contribution in [3.8, 4) is 0 Å². The van der Waals surface area contributed by atoms with Crippen molar-refractivity contribution < 1.29 is 4.79 Å². The standard InChI is InChI=1S/C13H13Cl2N3O/c1-2-3-13-12(8-19)16-17-18(13)7-9-4-5-10(14)6-11(9)15/h4-6,8H,2-3,7H2,1H3. The molecule has 0 amide bonds. The summed E-state index contributed by atoms with van der Waals surface area (Å²) in [6.07, 6.45) is 2.41. The van der Waals surface area contributed by atoms with Crippen molar-refractivity contribution in [2.45, 2.75) is 26.3 Å². The van der Waals surface area contributed by atoms with Gasteiger partial charge in [0.25, 0.3) is 0 Å². The highest BCUT2D eigenvalue weighted by molar-refractivity contribution is 6.35. The van der Waals surface area contributed by atoms with Gasteiger partial charge < -0.3 is 0 Å². The largest absolute Gasteiger partial charge is 0.296 e. The van der Waals surface area contributed by atoms with Crippen molar-refractivity contribution in [1.29, 1.82) is 0 Å². The van der Waals surface area contributed by atoms with E-state index >= 15 is 0 Å². The van der Waals surface area contributed by atoms with E-state index in [-0.39, 0.29) is 0 Å². The van der Waals surface area contributed by atoms with Crippen LogP contribution >= 0.6 is 23.2 Å². The molecule has 0 saturated carbocycles. The molecule has 0 N–H and O–H groups in total. The first-order chi connectivity index (χ1) is 9.15. The summed E-state index contributed by atoms with van der Waals surface area (Å²) in [5.41, 5.74) is 2.13. The number of aromatic nitrogens is 3. The second-order valence-electron chi connectivity index (χ2n) is 4.18. The summed E-state index contributed by atoms with van der Waals surface area (Å²) in [6, 6.07) is 5.32. The van der Waals surface area contributed by atoms with Gasteiger partial charge in [0.05, 0.1) is 12.2 Å². The number of carbonyl (C=O) groups is 1. The highest BCUT2D eigenvalue weighted by atomic mass is 35.5. The molecule has 19 heavy (non-hydrogen) atoms. The molecule has 0 spiro atoms. The van der Waals surface area contributed by atoms with Gasteiger partial charge in [0.2, 0.25) is 0 Å². The second-order valence-corrected chi connectivity index (χ2v) is 5.03. The van der Waals surface area contributed by atoms with Crippen LogP contribution < -0.4 is 0 Å². The van der Waals surface area contributed by atoms with Gasteiger partial charge in [-0.3, -0.25) is 4.79 Å². The minimum Gasteiger partial charge on any atom is -0.296 e. The van der Waals surface area contributed by atoms with Gasteiger partial charge >= 0.3 is 0 Å². The third kappa shape index (κ3) is 3.14. The van der Waals surface area contributed by atoms with E-state index in [4.69, 9.17) is 23.2 Å². The minimum absolute atomic E-state index is 0.395. The summed E-state index contributed by atoms with van der Waals surface area (Å²) in [5.74, 6) is 0. The fourth-order valence-electron chi connectivity index (χ4n) is 1.87. The maximum atomic E-state index is 10.9. The van der Waals surface area contributed by atoms with Gasteiger partial charge in [0.15, 0.2) is 6.29 Å². The van der Waals surface area contributed by atoms with Crippen molar-refractivity contribution in [2.75, 3.05) is 0 Å². The number of aldehydes is 1. The molecule has 0 aliphatic carbocycles. The molecule has 1 heterocycles. The van der Waals surface area contributed by atoms with Gasteiger partial charge in [-0.2, -0.15) is 0 Å². The lowest BCUT2D eigenvalue weighted by molar-refractivity contribution is 0.111. The maximum Gasteiger partial charge on any atom is 0.172 e. The Morgan fingerprint density at radius 1 is 1.37 bits per heavy atom. The molecule has 0 bridgehead atoms. The summed E-state index contributed by atoms with van der Waals surface area (Å²) in [5, 5.41) is 9.05. The highest BCUT2D eigenvalue weighted by Gasteiger charge is 2.12. The molecule has 0 atom stereocenters.